The van der Waals surface area contributed by atoms with Gasteiger partial charge in [0.15, 0.2) is 11.5 Å². The highest BCUT2D eigenvalue weighted by Crippen LogP contribution is 2.37. The van der Waals surface area contributed by atoms with Crippen LogP contribution in [0.5, 0.6) is 0 Å². The molecule has 0 unspecified atom stereocenters. The number of methoxy groups -OCH3 is 1. The Morgan fingerprint density at radius 2 is 2.08 bits per heavy atom. The number of esters is 1. The second-order valence-electron chi connectivity index (χ2n) is 6.09. The van der Waals surface area contributed by atoms with E-state index >= 15 is 0 Å². The van der Waals surface area contributed by atoms with E-state index in [9.17, 15) is 14.3 Å². The summed E-state index contributed by atoms with van der Waals surface area (Å²) < 4.78 is 17.9. The SMILES string of the molecule is COC(=O)c1cnc(N2C[C@@](C)(O)[C@H]2C)c(-c2ccc(F)cc2)n1. The predicted octanol–water partition coefficient (Wildman–Crippen LogP) is 2.03. The minimum absolute atomic E-state index is 0.0699. The van der Waals surface area contributed by atoms with Gasteiger partial charge in [0.25, 0.3) is 0 Å². The van der Waals surface area contributed by atoms with Gasteiger partial charge in [-0.1, -0.05) is 0 Å². The van der Waals surface area contributed by atoms with E-state index in [-0.39, 0.29) is 17.6 Å². The number of rotatable bonds is 3. The molecule has 0 amide bonds. The van der Waals surface area contributed by atoms with Gasteiger partial charge in [-0.15, -0.1) is 0 Å². The summed E-state index contributed by atoms with van der Waals surface area (Å²) in [5.41, 5.74) is 0.326. The van der Waals surface area contributed by atoms with Crippen molar-refractivity contribution in [2.24, 2.45) is 0 Å². The van der Waals surface area contributed by atoms with Crippen molar-refractivity contribution in [2.45, 2.75) is 25.5 Å². The van der Waals surface area contributed by atoms with Gasteiger partial charge < -0.3 is 14.7 Å². The Balaban J connectivity index is 2.08. The fourth-order valence-electron chi connectivity index (χ4n) is 2.69. The number of benzene rings is 1. The molecule has 1 aromatic heterocycles. The van der Waals surface area contributed by atoms with E-state index in [1.54, 1.807) is 19.1 Å². The van der Waals surface area contributed by atoms with E-state index < -0.39 is 11.6 Å². The number of halogens is 1. The molecule has 2 heterocycles. The van der Waals surface area contributed by atoms with Gasteiger partial charge in [-0.25, -0.2) is 19.2 Å². The van der Waals surface area contributed by atoms with E-state index in [1.807, 2.05) is 11.8 Å². The van der Waals surface area contributed by atoms with E-state index in [0.29, 0.717) is 23.6 Å². The molecule has 1 fully saturated rings. The first-order valence-electron chi connectivity index (χ1n) is 7.54. The molecule has 1 aliphatic heterocycles. The molecular weight excluding hydrogens is 313 g/mol. The van der Waals surface area contributed by atoms with Crippen LogP contribution >= 0.6 is 0 Å². The van der Waals surface area contributed by atoms with Crippen molar-refractivity contribution >= 4 is 11.8 Å². The van der Waals surface area contributed by atoms with Gasteiger partial charge in [0.05, 0.1) is 31.5 Å². The zero-order valence-corrected chi connectivity index (χ0v) is 13.7. The summed E-state index contributed by atoms with van der Waals surface area (Å²) in [7, 11) is 1.27. The van der Waals surface area contributed by atoms with Gasteiger partial charge in [-0.3, -0.25) is 0 Å². The Kier molecular flexibility index (Phi) is 3.96. The summed E-state index contributed by atoms with van der Waals surface area (Å²) in [5, 5.41) is 10.2. The largest absolute Gasteiger partial charge is 0.464 e. The Hall–Kier alpha value is -2.54. The lowest BCUT2D eigenvalue weighted by atomic mass is 9.86. The third-order valence-electron chi connectivity index (χ3n) is 4.40. The summed E-state index contributed by atoms with van der Waals surface area (Å²) in [6.07, 6.45) is 1.34. The van der Waals surface area contributed by atoms with Gasteiger partial charge in [0.2, 0.25) is 0 Å². The normalized spacial score (nSPS) is 22.9. The number of aromatic nitrogens is 2. The van der Waals surface area contributed by atoms with Crippen molar-refractivity contribution in [1.82, 2.24) is 9.97 Å². The second kappa shape index (κ2) is 5.83. The maximum absolute atomic E-state index is 13.2. The molecule has 1 N–H and O–H groups in total. The van der Waals surface area contributed by atoms with Crippen LogP contribution in [-0.2, 0) is 4.74 Å². The Morgan fingerprint density at radius 3 is 2.62 bits per heavy atom. The number of ether oxygens (including phenoxy) is 1. The van der Waals surface area contributed by atoms with Crippen molar-refractivity contribution in [3.8, 4) is 11.3 Å². The molecule has 7 heteroatoms. The molecule has 3 rings (SSSR count). The molecule has 1 aromatic carbocycles. The Bertz CT molecular complexity index is 777. The monoisotopic (exact) mass is 331 g/mol. The molecule has 0 bridgehead atoms. The maximum atomic E-state index is 13.2. The molecule has 0 aliphatic carbocycles. The lowest BCUT2D eigenvalue weighted by molar-refractivity contribution is -0.00840. The molecule has 0 saturated carbocycles. The average molecular weight is 331 g/mol. The zero-order valence-electron chi connectivity index (χ0n) is 13.7. The summed E-state index contributed by atoms with van der Waals surface area (Å²) in [4.78, 5) is 22.3. The maximum Gasteiger partial charge on any atom is 0.358 e. The van der Waals surface area contributed by atoms with Gasteiger partial charge in [0.1, 0.15) is 11.5 Å². The van der Waals surface area contributed by atoms with E-state index in [0.717, 1.165) is 0 Å². The molecule has 0 spiro atoms. The van der Waals surface area contributed by atoms with Gasteiger partial charge >= 0.3 is 5.97 Å². The zero-order chi connectivity index (χ0) is 17.5. The van der Waals surface area contributed by atoms with Crippen molar-refractivity contribution in [3.05, 3.63) is 42.0 Å². The molecule has 2 atom stereocenters. The molecule has 2 aromatic rings. The number of carbonyl (C=O) groups excluding carboxylic acids is 1. The summed E-state index contributed by atoms with van der Waals surface area (Å²) in [6.45, 7) is 4.03. The highest BCUT2D eigenvalue weighted by Gasteiger charge is 2.46. The number of anilines is 1. The Labute approximate surface area is 138 Å². The number of β-amino-alcohol motifs (C(OH)–C–C–N with tert-alkyl or cyclic N) is 1. The number of aliphatic hydroxyl groups is 1. The third kappa shape index (κ3) is 2.71. The van der Waals surface area contributed by atoms with Crippen LogP contribution in [0.3, 0.4) is 0 Å². The minimum atomic E-state index is -0.817. The first-order chi connectivity index (χ1) is 11.3. The quantitative estimate of drug-likeness (QED) is 0.868. The molecule has 0 radical (unpaired) electrons. The van der Waals surface area contributed by atoms with E-state index in [2.05, 4.69) is 14.7 Å². The molecular formula is C17H18FN3O3. The van der Waals surface area contributed by atoms with Gasteiger partial charge in [-0.05, 0) is 38.1 Å². The van der Waals surface area contributed by atoms with Crippen LogP contribution in [0, 0.1) is 5.82 Å². The van der Waals surface area contributed by atoms with E-state index in [4.69, 9.17) is 0 Å². The van der Waals surface area contributed by atoms with Crippen LogP contribution in [-0.4, -0.2) is 46.3 Å². The fraction of sp³-hybridized carbons (Fsp3) is 0.353. The van der Waals surface area contributed by atoms with E-state index in [1.165, 1.54) is 25.4 Å². The van der Waals surface area contributed by atoms with Crippen molar-refractivity contribution in [1.29, 1.82) is 0 Å². The van der Waals surface area contributed by atoms with Gasteiger partial charge in [0, 0.05) is 5.56 Å². The highest BCUT2D eigenvalue weighted by molar-refractivity contribution is 5.88. The van der Waals surface area contributed by atoms with Crippen molar-refractivity contribution in [2.75, 3.05) is 18.6 Å². The predicted molar refractivity (Wildman–Crippen MR) is 86.2 cm³/mol. The molecule has 24 heavy (non-hydrogen) atoms. The number of nitrogens with zero attached hydrogens (tertiary/aromatic N) is 3. The second-order valence-corrected chi connectivity index (χ2v) is 6.09. The molecule has 1 saturated heterocycles. The molecule has 6 nitrogen and oxygen atoms in total. The van der Waals surface area contributed by atoms with Crippen LogP contribution < -0.4 is 4.90 Å². The van der Waals surface area contributed by atoms with Crippen molar-refractivity contribution < 1.29 is 19.0 Å². The van der Waals surface area contributed by atoms with Crippen LogP contribution in [0.15, 0.2) is 30.5 Å². The smallest absolute Gasteiger partial charge is 0.358 e. The minimum Gasteiger partial charge on any atom is -0.464 e. The molecule has 1 aliphatic rings. The summed E-state index contributed by atoms with van der Waals surface area (Å²) >= 11 is 0. The fourth-order valence-corrected chi connectivity index (χ4v) is 2.69. The van der Waals surface area contributed by atoms with Crippen LogP contribution in [0.25, 0.3) is 11.3 Å². The lowest BCUT2D eigenvalue weighted by Crippen LogP contribution is -2.67. The standard InChI is InChI=1S/C17H18FN3O3/c1-10-17(2,23)9-21(10)15-14(11-4-6-12(18)7-5-11)20-13(8-19-15)16(22)24-3/h4-8,10,23H,9H2,1-3H3/t10-,17-/m1/s1. The van der Waals surface area contributed by atoms with Crippen LogP contribution in [0.2, 0.25) is 0 Å². The average Bonchev–Trinajstić information content (AvgIpc) is 2.59. The van der Waals surface area contributed by atoms with Crippen LogP contribution in [0.1, 0.15) is 24.3 Å². The molecule has 126 valence electrons. The summed E-state index contributed by atoms with van der Waals surface area (Å²) in [5.74, 6) is -0.424. The number of carbonyl (C=O) groups is 1. The van der Waals surface area contributed by atoms with Crippen LogP contribution in [0.4, 0.5) is 10.2 Å². The van der Waals surface area contributed by atoms with Crippen molar-refractivity contribution in [3.63, 3.8) is 0 Å². The Morgan fingerprint density at radius 1 is 1.42 bits per heavy atom. The lowest BCUT2D eigenvalue weighted by Gasteiger charge is -2.52. The highest BCUT2D eigenvalue weighted by atomic mass is 19.1. The first-order valence-corrected chi connectivity index (χ1v) is 7.54. The first kappa shape index (κ1) is 16.3. The summed E-state index contributed by atoms with van der Waals surface area (Å²) in [6, 6.07) is 5.64. The third-order valence-corrected chi connectivity index (χ3v) is 4.40. The number of hydrogen-bond donors (Lipinski definition) is 1. The number of hydrogen-bond acceptors (Lipinski definition) is 6. The van der Waals surface area contributed by atoms with Gasteiger partial charge in [-0.2, -0.15) is 0 Å². The topological polar surface area (TPSA) is 75.5 Å².